The number of hydrogen-bond donors (Lipinski definition) is 2. The summed E-state index contributed by atoms with van der Waals surface area (Å²) in [6.07, 6.45) is 4.02. The van der Waals surface area contributed by atoms with E-state index in [0.29, 0.717) is 11.5 Å². The molecule has 3 atom stereocenters. The van der Waals surface area contributed by atoms with Crippen LogP contribution >= 0.6 is 12.6 Å². The molecule has 0 bridgehead atoms. The van der Waals surface area contributed by atoms with Crippen LogP contribution in [-0.4, -0.2) is 50.7 Å². The molecule has 1 saturated heterocycles. The molecule has 0 spiro atoms. The summed E-state index contributed by atoms with van der Waals surface area (Å²) < 4.78 is 20.2. The highest BCUT2D eigenvalue weighted by Gasteiger charge is 2.33. The highest BCUT2D eigenvalue weighted by molar-refractivity contribution is 7.81. The summed E-state index contributed by atoms with van der Waals surface area (Å²) in [5.41, 5.74) is 1.12. The Morgan fingerprint density at radius 2 is 1.96 bits per heavy atom. The smallest absolute Gasteiger partial charge is 0.146 e. The van der Waals surface area contributed by atoms with Crippen LogP contribution < -0.4 is 9.80 Å². The van der Waals surface area contributed by atoms with E-state index in [4.69, 9.17) is 17.4 Å². The zero-order chi connectivity index (χ0) is 19.4. The molecule has 2 aliphatic rings. The Labute approximate surface area is 169 Å². The van der Waals surface area contributed by atoms with Gasteiger partial charge in [-0.05, 0) is 42.7 Å². The average molecular weight is 396 g/mol. The van der Waals surface area contributed by atoms with E-state index in [1.165, 1.54) is 12.8 Å². The molecule has 2 fully saturated rings. The van der Waals surface area contributed by atoms with Gasteiger partial charge in [-0.1, -0.05) is 32.9 Å². The number of halogens is 1. The summed E-state index contributed by atoms with van der Waals surface area (Å²) in [7, 11) is 0. The lowest BCUT2D eigenvalue weighted by molar-refractivity contribution is -0.900. The van der Waals surface area contributed by atoms with Crippen molar-refractivity contribution in [2.24, 2.45) is 11.3 Å². The normalized spacial score (nSPS) is 27.5. The molecule has 1 aromatic carbocycles. The first kappa shape index (κ1) is 20.9. The molecule has 1 aromatic rings. The Hall–Kier alpha value is -0.780. The number of hydrogen-bond acceptors (Lipinski definition) is 3. The van der Waals surface area contributed by atoms with E-state index in [2.05, 4.69) is 25.7 Å². The van der Waals surface area contributed by atoms with Gasteiger partial charge in [-0.3, -0.25) is 0 Å². The molecule has 152 valence electrons. The monoisotopic (exact) mass is 395 g/mol. The van der Waals surface area contributed by atoms with Crippen LogP contribution in [0.2, 0.25) is 0 Å². The van der Waals surface area contributed by atoms with Gasteiger partial charge in [0.2, 0.25) is 0 Å². The number of benzene rings is 1. The Balaban J connectivity index is 1.39. The highest BCUT2D eigenvalue weighted by atomic mass is 32.1. The van der Waals surface area contributed by atoms with Crippen molar-refractivity contribution in [1.82, 2.24) is 0 Å². The van der Waals surface area contributed by atoms with Crippen LogP contribution in [0.5, 0.6) is 0 Å². The van der Waals surface area contributed by atoms with E-state index in [1.54, 1.807) is 17.0 Å². The molecule has 1 N–H and O–H groups in total. The lowest BCUT2D eigenvalue weighted by atomic mass is 9.71. The third-order valence-corrected chi connectivity index (χ3v) is 6.39. The molecule has 5 heteroatoms. The van der Waals surface area contributed by atoms with E-state index >= 15 is 0 Å². The van der Waals surface area contributed by atoms with Crippen molar-refractivity contribution >= 4 is 18.3 Å². The summed E-state index contributed by atoms with van der Waals surface area (Å²) in [4.78, 5) is 3.71. The number of quaternary nitrogens is 1. The molecule has 0 radical (unpaired) electrons. The predicted molar refractivity (Wildman–Crippen MR) is 113 cm³/mol. The molecule has 1 aliphatic heterocycles. The van der Waals surface area contributed by atoms with Crippen LogP contribution in [0.3, 0.4) is 0 Å². The minimum atomic E-state index is -0.119. The van der Waals surface area contributed by atoms with Gasteiger partial charge in [-0.25, -0.2) is 4.39 Å². The van der Waals surface area contributed by atoms with Gasteiger partial charge in [-0.15, -0.1) is 0 Å². The number of anilines is 1. The molecule has 1 heterocycles. The number of ether oxygens (including phenoxy) is 1. The van der Waals surface area contributed by atoms with Gasteiger partial charge in [0.15, 0.2) is 0 Å². The second-order valence-electron chi connectivity index (χ2n) is 9.42. The van der Waals surface area contributed by atoms with E-state index in [9.17, 15) is 4.39 Å². The SMILES string of the molecule is C[C@H]1C[C@H](OC[C@H](S)C[NH+]2CCN(c3ccccc3F)CC2)CC(C)(C)C1. The molecule has 1 saturated carbocycles. The van der Waals surface area contributed by atoms with Crippen molar-refractivity contribution in [2.45, 2.75) is 51.4 Å². The highest BCUT2D eigenvalue weighted by Crippen LogP contribution is 2.39. The topological polar surface area (TPSA) is 16.9 Å². The van der Waals surface area contributed by atoms with Crippen molar-refractivity contribution in [1.29, 1.82) is 0 Å². The van der Waals surface area contributed by atoms with Crippen LogP contribution in [0, 0.1) is 17.2 Å². The summed E-state index contributed by atoms with van der Waals surface area (Å²) in [5, 5.41) is 0.264. The molecule has 3 nitrogen and oxygen atoms in total. The van der Waals surface area contributed by atoms with Crippen LogP contribution in [0.15, 0.2) is 24.3 Å². The van der Waals surface area contributed by atoms with E-state index in [-0.39, 0.29) is 11.1 Å². The lowest BCUT2D eigenvalue weighted by Gasteiger charge is -2.39. The van der Waals surface area contributed by atoms with Crippen molar-refractivity contribution < 1.29 is 14.0 Å². The van der Waals surface area contributed by atoms with Gasteiger partial charge in [-0.2, -0.15) is 12.6 Å². The second-order valence-corrected chi connectivity index (χ2v) is 10.1. The second kappa shape index (κ2) is 9.15. The van der Waals surface area contributed by atoms with Gasteiger partial charge in [0.25, 0.3) is 0 Å². The first-order valence-electron chi connectivity index (χ1n) is 10.4. The van der Waals surface area contributed by atoms with Gasteiger partial charge in [0, 0.05) is 0 Å². The van der Waals surface area contributed by atoms with Crippen molar-refractivity contribution in [3.8, 4) is 0 Å². The van der Waals surface area contributed by atoms with Crippen LogP contribution in [0.25, 0.3) is 0 Å². The third kappa shape index (κ3) is 6.10. The van der Waals surface area contributed by atoms with Gasteiger partial charge in [0.05, 0.1) is 56.4 Å². The first-order chi connectivity index (χ1) is 12.8. The van der Waals surface area contributed by atoms with Crippen LogP contribution in [0.1, 0.15) is 40.0 Å². The molecule has 3 rings (SSSR count). The molecular weight excluding hydrogens is 359 g/mol. The quantitative estimate of drug-likeness (QED) is 0.721. The predicted octanol–water partition coefficient (Wildman–Crippen LogP) is 3.06. The largest absolute Gasteiger partial charge is 0.377 e. The van der Waals surface area contributed by atoms with Crippen LogP contribution in [-0.2, 0) is 4.74 Å². The van der Waals surface area contributed by atoms with Crippen molar-refractivity contribution in [3.63, 3.8) is 0 Å². The number of thiol groups is 1. The zero-order valence-corrected chi connectivity index (χ0v) is 18.0. The molecule has 1 aliphatic carbocycles. The Bertz CT molecular complexity index is 604. The number of para-hydroxylation sites is 1. The molecule has 0 amide bonds. The maximum absolute atomic E-state index is 14.0. The minimum absolute atomic E-state index is 0.119. The van der Waals surface area contributed by atoms with Gasteiger partial charge in [0.1, 0.15) is 5.82 Å². The summed E-state index contributed by atoms with van der Waals surface area (Å²) in [5.74, 6) is 0.625. The Kier molecular flexibility index (Phi) is 7.09. The summed E-state index contributed by atoms with van der Waals surface area (Å²) in [6.45, 7) is 12.6. The maximum Gasteiger partial charge on any atom is 0.146 e. The van der Waals surface area contributed by atoms with Gasteiger partial charge >= 0.3 is 0 Å². The number of nitrogens with zero attached hydrogens (tertiary/aromatic N) is 1. The Morgan fingerprint density at radius 1 is 1.26 bits per heavy atom. The molecule has 0 aromatic heterocycles. The zero-order valence-electron chi connectivity index (χ0n) is 17.1. The number of piperazine rings is 1. The fourth-order valence-electron chi connectivity index (χ4n) is 5.00. The molecule has 0 unspecified atom stereocenters. The fraction of sp³-hybridized carbons (Fsp3) is 0.727. The summed E-state index contributed by atoms with van der Waals surface area (Å²) in [6, 6.07) is 7.08. The summed E-state index contributed by atoms with van der Waals surface area (Å²) >= 11 is 4.80. The minimum Gasteiger partial charge on any atom is -0.377 e. The van der Waals surface area contributed by atoms with Crippen molar-refractivity contribution in [3.05, 3.63) is 30.1 Å². The molecular formula is C22H36FN2OS+. The maximum atomic E-state index is 14.0. The number of rotatable bonds is 6. The van der Waals surface area contributed by atoms with E-state index in [0.717, 1.165) is 57.4 Å². The average Bonchev–Trinajstić information content (AvgIpc) is 2.60. The lowest BCUT2D eigenvalue weighted by Crippen LogP contribution is -3.15. The standard InChI is InChI=1S/C22H35FN2OS/c1-17-12-18(14-22(2,3)13-17)26-16-19(27)15-24-8-10-25(11-9-24)21-7-5-4-6-20(21)23/h4-7,17-19,27H,8-16H2,1-3H3/p+1/t17-,18-,19+/m0/s1. The van der Waals surface area contributed by atoms with E-state index in [1.807, 2.05) is 12.1 Å². The third-order valence-electron chi connectivity index (χ3n) is 6.06. The molecule has 27 heavy (non-hydrogen) atoms. The van der Waals surface area contributed by atoms with Crippen molar-refractivity contribution in [2.75, 3.05) is 44.2 Å². The van der Waals surface area contributed by atoms with Crippen LogP contribution in [0.4, 0.5) is 10.1 Å². The van der Waals surface area contributed by atoms with Gasteiger partial charge < -0.3 is 14.5 Å². The number of nitrogens with one attached hydrogen (secondary N) is 1. The Morgan fingerprint density at radius 3 is 2.63 bits per heavy atom. The fourth-order valence-corrected chi connectivity index (χ4v) is 5.35. The first-order valence-corrected chi connectivity index (χ1v) is 11.0. The van der Waals surface area contributed by atoms with E-state index < -0.39 is 0 Å².